The van der Waals surface area contributed by atoms with Crippen LogP contribution in [0.2, 0.25) is 5.02 Å². The van der Waals surface area contributed by atoms with Gasteiger partial charge in [0.25, 0.3) is 5.91 Å². The van der Waals surface area contributed by atoms with Crippen LogP contribution >= 0.6 is 27.5 Å². The first-order valence-electron chi connectivity index (χ1n) is 6.06. The van der Waals surface area contributed by atoms with Crippen molar-refractivity contribution >= 4 is 39.7 Å². The van der Waals surface area contributed by atoms with Crippen molar-refractivity contribution in [2.24, 2.45) is 5.10 Å². The van der Waals surface area contributed by atoms with E-state index in [4.69, 9.17) is 11.6 Å². The molecule has 0 radical (unpaired) electrons. The zero-order valence-corrected chi connectivity index (χ0v) is 13.4. The van der Waals surface area contributed by atoms with E-state index in [0.29, 0.717) is 21.7 Å². The Hall–Kier alpha value is -1.85. The van der Waals surface area contributed by atoms with E-state index in [1.807, 2.05) is 0 Å². The number of rotatable bonds is 3. The molecule has 0 aromatic heterocycles. The lowest BCUT2D eigenvalue weighted by Crippen LogP contribution is -2.17. The van der Waals surface area contributed by atoms with Crippen LogP contribution in [-0.4, -0.2) is 17.2 Å². The molecule has 0 unspecified atom stereocenters. The minimum Gasteiger partial charge on any atom is -0.507 e. The van der Waals surface area contributed by atoms with E-state index < -0.39 is 5.91 Å². The topological polar surface area (TPSA) is 61.7 Å². The van der Waals surface area contributed by atoms with Crippen molar-refractivity contribution in [1.29, 1.82) is 0 Å². The third-order valence-electron chi connectivity index (χ3n) is 2.78. The Bertz CT molecular complexity index is 717. The second-order valence-electron chi connectivity index (χ2n) is 4.34. The molecule has 21 heavy (non-hydrogen) atoms. The number of hydrogen-bond acceptors (Lipinski definition) is 3. The number of benzene rings is 2. The third kappa shape index (κ3) is 3.83. The number of nitrogens with zero attached hydrogens (tertiary/aromatic N) is 1. The summed E-state index contributed by atoms with van der Waals surface area (Å²) in [6.07, 6.45) is 1.38. The lowest BCUT2D eigenvalue weighted by Gasteiger charge is -2.04. The lowest BCUT2D eigenvalue weighted by atomic mass is 10.1. The van der Waals surface area contributed by atoms with Crippen LogP contribution in [0, 0.1) is 6.92 Å². The van der Waals surface area contributed by atoms with Gasteiger partial charge in [-0.1, -0.05) is 39.7 Å². The van der Waals surface area contributed by atoms with E-state index >= 15 is 0 Å². The fourth-order valence-corrected chi connectivity index (χ4v) is 2.54. The molecule has 2 rings (SSSR count). The van der Waals surface area contributed by atoms with Crippen molar-refractivity contribution in [2.45, 2.75) is 6.92 Å². The minimum absolute atomic E-state index is 0.119. The summed E-state index contributed by atoms with van der Waals surface area (Å²) in [5.74, 6) is -0.294. The predicted molar refractivity (Wildman–Crippen MR) is 87.1 cm³/mol. The van der Waals surface area contributed by atoms with Crippen LogP contribution in [0.4, 0.5) is 0 Å². The van der Waals surface area contributed by atoms with Gasteiger partial charge in [-0.25, -0.2) is 5.43 Å². The molecule has 0 atom stereocenters. The summed E-state index contributed by atoms with van der Waals surface area (Å²) >= 11 is 9.26. The molecule has 0 saturated heterocycles. The first-order chi connectivity index (χ1) is 9.99. The highest BCUT2D eigenvalue weighted by Gasteiger charge is 2.08. The van der Waals surface area contributed by atoms with E-state index in [-0.39, 0.29) is 5.75 Å². The van der Waals surface area contributed by atoms with Gasteiger partial charge < -0.3 is 5.11 Å². The summed E-state index contributed by atoms with van der Waals surface area (Å²) in [7, 11) is 0. The molecule has 0 aliphatic rings. The largest absolute Gasteiger partial charge is 0.507 e. The third-order valence-corrected chi connectivity index (χ3v) is 3.57. The normalized spacial score (nSPS) is 10.8. The Kier molecular flexibility index (Phi) is 4.98. The van der Waals surface area contributed by atoms with Crippen LogP contribution in [0.25, 0.3) is 0 Å². The van der Waals surface area contributed by atoms with Crippen LogP contribution in [0.3, 0.4) is 0 Å². The van der Waals surface area contributed by atoms with Crippen molar-refractivity contribution < 1.29 is 9.90 Å². The maximum atomic E-state index is 11.9. The Morgan fingerprint density at radius 1 is 1.38 bits per heavy atom. The summed E-state index contributed by atoms with van der Waals surface area (Å²) in [6.45, 7) is 1.78. The van der Waals surface area contributed by atoms with E-state index in [0.717, 1.165) is 4.47 Å². The molecule has 108 valence electrons. The molecule has 0 heterocycles. The molecule has 0 spiro atoms. The van der Waals surface area contributed by atoms with Gasteiger partial charge in [-0.15, -0.1) is 0 Å². The number of hydrogen-bond donors (Lipinski definition) is 2. The number of hydrazone groups is 1. The zero-order valence-electron chi connectivity index (χ0n) is 11.1. The van der Waals surface area contributed by atoms with Gasteiger partial charge in [-0.2, -0.15) is 5.10 Å². The first kappa shape index (κ1) is 15.5. The molecule has 0 aliphatic heterocycles. The summed E-state index contributed by atoms with van der Waals surface area (Å²) < 4.78 is 0.816. The molecular weight excluding hydrogens is 356 g/mol. The van der Waals surface area contributed by atoms with E-state index in [9.17, 15) is 9.90 Å². The number of amides is 1. The molecule has 0 saturated carbocycles. The second-order valence-corrected chi connectivity index (χ2v) is 5.66. The maximum Gasteiger partial charge on any atom is 0.272 e. The maximum absolute atomic E-state index is 11.9. The number of aryl methyl sites for hydroxylation is 1. The summed E-state index contributed by atoms with van der Waals surface area (Å²) in [6, 6.07) is 10.2. The number of phenols is 1. The Balaban J connectivity index is 2.13. The highest BCUT2D eigenvalue weighted by molar-refractivity contribution is 9.10. The van der Waals surface area contributed by atoms with Crippen molar-refractivity contribution in [1.82, 2.24) is 5.43 Å². The molecule has 2 aromatic carbocycles. The van der Waals surface area contributed by atoms with Gasteiger partial charge in [0, 0.05) is 10.0 Å². The molecule has 4 nitrogen and oxygen atoms in total. The molecule has 0 bridgehead atoms. The van der Waals surface area contributed by atoms with Crippen LogP contribution < -0.4 is 5.43 Å². The quantitative estimate of drug-likeness (QED) is 0.639. The van der Waals surface area contributed by atoms with Gasteiger partial charge >= 0.3 is 0 Å². The zero-order chi connectivity index (χ0) is 15.4. The molecule has 0 aliphatic carbocycles. The molecule has 6 heteroatoms. The van der Waals surface area contributed by atoms with Gasteiger partial charge in [-0.3, -0.25) is 4.79 Å². The summed E-state index contributed by atoms with van der Waals surface area (Å²) in [5.41, 5.74) is 3.93. The predicted octanol–water partition coefficient (Wildman–Crippen LogP) is 3.88. The monoisotopic (exact) mass is 366 g/mol. The molecular formula is C15H12BrClN2O2. The first-order valence-corrected chi connectivity index (χ1v) is 7.23. The van der Waals surface area contributed by atoms with Crippen molar-refractivity contribution in [3.05, 3.63) is 62.6 Å². The number of nitrogens with one attached hydrogen (secondary N) is 1. The highest BCUT2D eigenvalue weighted by Crippen LogP contribution is 2.25. The van der Waals surface area contributed by atoms with Gasteiger partial charge in [0.1, 0.15) is 5.75 Å². The van der Waals surface area contributed by atoms with Gasteiger partial charge in [0.15, 0.2) is 0 Å². The minimum atomic E-state index is -0.414. The van der Waals surface area contributed by atoms with Gasteiger partial charge in [-0.05, 0) is 36.8 Å². The SMILES string of the molecule is Cc1cc(Br)cc(C=NNC(=O)c2ccccc2Cl)c1O. The highest BCUT2D eigenvalue weighted by atomic mass is 79.9. The fraction of sp³-hybridized carbons (Fsp3) is 0.0667. The molecule has 0 fully saturated rings. The van der Waals surface area contributed by atoms with E-state index in [2.05, 4.69) is 26.5 Å². The summed E-state index contributed by atoms with van der Waals surface area (Å²) in [5, 5.41) is 14.1. The van der Waals surface area contributed by atoms with E-state index in [1.54, 1.807) is 43.3 Å². The number of carbonyl (C=O) groups is 1. The Labute approximate surface area is 135 Å². The van der Waals surface area contributed by atoms with Crippen LogP contribution in [-0.2, 0) is 0 Å². The molecule has 2 N–H and O–H groups in total. The van der Waals surface area contributed by atoms with Crippen molar-refractivity contribution in [3.8, 4) is 5.75 Å². The van der Waals surface area contributed by atoms with Crippen LogP contribution in [0.15, 0.2) is 46.0 Å². The number of halogens is 2. The number of phenolic OH excluding ortho intramolecular Hbond substituents is 1. The average Bonchev–Trinajstić information content (AvgIpc) is 2.44. The smallest absolute Gasteiger partial charge is 0.272 e. The lowest BCUT2D eigenvalue weighted by molar-refractivity contribution is 0.0955. The summed E-state index contributed by atoms with van der Waals surface area (Å²) in [4.78, 5) is 11.9. The van der Waals surface area contributed by atoms with Crippen molar-refractivity contribution in [3.63, 3.8) is 0 Å². The van der Waals surface area contributed by atoms with Gasteiger partial charge in [0.2, 0.25) is 0 Å². The number of aromatic hydroxyl groups is 1. The van der Waals surface area contributed by atoms with Gasteiger partial charge in [0.05, 0.1) is 16.8 Å². The Morgan fingerprint density at radius 3 is 2.81 bits per heavy atom. The van der Waals surface area contributed by atoms with Crippen molar-refractivity contribution in [2.75, 3.05) is 0 Å². The standard InChI is InChI=1S/C15H12BrClN2O2/c1-9-6-11(16)7-10(14(9)20)8-18-19-15(21)12-4-2-3-5-13(12)17/h2-8,20H,1H3,(H,19,21). The Morgan fingerprint density at radius 2 is 2.10 bits per heavy atom. The fourth-order valence-electron chi connectivity index (χ4n) is 1.73. The number of carbonyl (C=O) groups excluding carboxylic acids is 1. The van der Waals surface area contributed by atoms with E-state index in [1.165, 1.54) is 6.21 Å². The average molecular weight is 368 g/mol. The molecule has 2 aromatic rings. The van der Waals surface area contributed by atoms with Crippen LogP contribution in [0.1, 0.15) is 21.5 Å². The van der Waals surface area contributed by atoms with Crippen LogP contribution in [0.5, 0.6) is 5.75 Å². The second kappa shape index (κ2) is 6.74. The molecule has 1 amide bonds.